The zero-order chi connectivity index (χ0) is 24.2. The maximum absolute atomic E-state index is 12.9. The van der Waals surface area contributed by atoms with Crippen LogP contribution in [0.1, 0.15) is 17.3 Å². The highest BCUT2D eigenvalue weighted by molar-refractivity contribution is 6.53. The summed E-state index contributed by atoms with van der Waals surface area (Å²) >= 11 is 6.18. The predicted octanol–water partition coefficient (Wildman–Crippen LogP) is 4.48. The van der Waals surface area contributed by atoms with Crippen LogP contribution in [0.3, 0.4) is 0 Å². The van der Waals surface area contributed by atoms with Crippen molar-refractivity contribution >= 4 is 46.4 Å². The normalized spacial score (nSPS) is 13.3. The Morgan fingerprint density at radius 1 is 0.971 bits per heavy atom. The third kappa shape index (κ3) is 4.57. The SMILES string of the molecule is CCOc1ccc(N2C(=O)C(Cl)=C(Nc3ccc(C(=O)Nc4ccccc4O)cc3)C2=O)cc1. The second-order valence-corrected chi connectivity index (χ2v) is 7.61. The fourth-order valence-electron chi connectivity index (χ4n) is 3.33. The van der Waals surface area contributed by atoms with Crippen LogP contribution < -0.4 is 20.3 Å². The van der Waals surface area contributed by atoms with Crippen LogP contribution in [0.2, 0.25) is 0 Å². The first-order chi connectivity index (χ1) is 16.4. The molecule has 0 radical (unpaired) electrons. The van der Waals surface area contributed by atoms with Crippen LogP contribution >= 0.6 is 11.6 Å². The standard InChI is InChI=1S/C25H20ClN3O5/c1-2-34-18-13-11-17(12-14-18)29-24(32)21(26)22(25(29)33)27-16-9-7-15(8-10-16)23(31)28-19-5-3-4-6-20(19)30/h3-14,27,30H,2H2,1H3,(H,28,31). The lowest BCUT2D eigenvalue weighted by Gasteiger charge is -2.15. The largest absolute Gasteiger partial charge is 0.506 e. The Balaban J connectivity index is 1.47. The second-order valence-electron chi connectivity index (χ2n) is 7.24. The lowest BCUT2D eigenvalue weighted by atomic mass is 10.2. The van der Waals surface area contributed by atoms with E-state index in [0.717, 1.165) is 4.90 Å². The summed E-state index contributed by atoms with van der Waals surface area (Å²) in [5, 5.41) is 15.1. The van der Waals surface area contributed by atoms with Gasteiger partial charge in [-0.05, 0) is 67.6 Å². The van der Waals surface area contributed by atoms with E-state index < -0.39 is 17.7 Å². The molecule has 8 nitrogen and oxygen atoms in total. The van der Waals surface area contributed by atoms with Gasteiger partial charge in [-0.1, -0.05) is 23.7 Å². The van der Waals surface area contributed by atoms with Crippen LogP contribution in [-0.4, -0.2) is 29.4 Å². The molecule has 0 atom stereocenters. The third-order valence-corrected chi connectivity index (χ3v) is 5.35. The van der Waals surface area contributed by atoms with Gasteiger partial charge in [0.15, 0.2) is 0 Å². The molecule has 0 saturated carbocycles. The number of nitrogens with zero attached hydrogens (tertiary/aromatic N) is 1. The molecule has 3 aromatic carbocycles. The number of hydrogen-bond acceptors (Lipinski definition) is 6. The maximum Gasteiger partial charge on any atom is 0.283 e. The van der Waals surface area contributed by atoms with Crippen LogP contribution in [-0.2, 0) is 9.59 Å². The molecule has 3 amide bonds. The Hall–Kier alpha value is -4.30. The van der Waals surface area contributed by atoms with Gasteiger partial charge >= 0.3 is 0 Å². The van der Waals surface area contributed by atoms with Gasteiger partial charge in [0.05, 0.1) is 18.0 Å². The third-order valence-electron chi connectivity index (χ3n) is 5.00. The lowest BCUT2D eigenvalue weighted by Crippen LogP contribution is -2.32. The van der Waals surface area contributed by atoms with Crippen LogP contribution in [0.15, 0.2) is 83.5 Å². The van der Waals surface area contributed by atoms with Crippen LogP contribution in [0.25, 0.3) is 0 Å². The molecule has 0 spiro atoms. The summed E-state index contributed by atoms with van der Waals surface area (Å²) in [5.41, 5.74) is 1.38. The van der Waals surface area contributed by atoms with Gasteiger partial charge < -0.3 is 20.5 Å². The molecule has 0 bridgehead atoms. The van der Waals surface area contributed by atoms with Gasteiger partial charge in [-0.2, -0.15) is 0 Å². The number of rotatable bonds is 7. The highest BCUT2D eigenvalue weighted by Gasteiger charge is 2.39. The number of carbonyl (C=O) groups excluding carboxylic acids is 3. The molecular weight excluding hydrogens is 458 g/mol. The molecule has 1 aliphatic heterocycles. The summed E-state index contributed by atoms with van der Waals surface area (Å²) < 4.78 is 5.39. The molecular formula is C25H20ClN3O5. The summed E-state index contributed by atoms with van der Waals surface area (Å²) in [6.07, 6.45) is 0. The first-order valence-electron chi connectivity index (χ1n) is 10.4. The molecule has 0 unspecified atom stereocenters. The summed E-state index contributed by atoms with van der Waals surface area (Å²) in [6.45, 7) is 2.35. The Kier molecular flexibility index (Phi) is 6.51. The first-order valence-corrected chi connectivity index (χ1v) is 10.7. The number of hydrogen-bond donors (Lipinski definition) is 3. The number of phenolic OH excluding ortho intramolecular Hbond substituents is 1. The Labute approximate surface area is 200 Å². The Bertz CT molecular complexity index is 1290. The molecule has 3 N–H and O–H groups in total. The molecule has 34 heavy (non-hydrogen) atoms. The van der Waals surface area contributed by atoms with Gasteiger partial charge in [-0.3, -0.25) is 14.4 Å². The molecule has 172 valence electrons. The number of benzene rings is 3. The molecule has 4 rings (SSSR count). The number of amides is 3. The van der Waals surface area contributed by atoms with E-state index in [1.807, 2.05) is 6.92 Å². The first kappa shape index (κ1) is 22.9. The smallest absolute Gasteiger partial charge is 0.283 e. The summed E-state index contributed by atoms with van der Waals surface area (Å²) in [4.78, 5) is 39.0. The minimum absolute atomic E-state index is 0.0442. The lowest BCUT2D eigenvalue weighted by molar-refractivity contribution is -0.120. The minimum Gasteiger partial charge on any atom is -0.506 e. The molecule has 0 fully saturated rings. The van der Waals surface area contributed by atoms with E-state index in [1.165, 1.54) is 18.2 Å². The van der Waals surface area contributed by atoms with Crippen molar-refractivity contribution in [2.75, 3.05) is 22.1 Å². The van der Waals surface area contributed by atoms with E-state index in [2.05, 4.69) is 10.6 Å². The average Bonchev–Trinajstić information content (AvgIpc) is 3.05. The van der Waals surface area contributed by atoms with E-state index in [0.29, 0.717) is 29.3 Å². The predicted molar refractivity (Wildman–Crippen MR) is 129 cm³/mol. The highest BCUT2D eigenvalue weighted by Crippen LogP contribution is 2.31. The number of halogens is 1. The number of para-hydroxylation sites is 2. The van der Waals surface area contributed by atoms with Crippen LogP contribution in [0, 0.1) is 0 Å². The highest BCUT2D eigenvalue weighted by atomic mass is 35.5. The molecule has 3 aromatic rings. The number of imide groups is 1. The number of carbonyl (C=O) groups is 3. The van der Waals surface area contributed by atoms with Gasteiger partial charge in [0, 0.05) is 11.3 Å². The van der Waals surface area contributed by atoms with Gasteiger partial charge in [-0.25, -0.2) is 4.90 Å². The van der Waals surface area contributed by atoms with Crippen LogP contribution in [0.4, 0.5) is 17.1 Å². The van der Waals surface area contributed by atoms with Crippen molar-refractivity contribution < 1.29 is 24.2 Å². The van der Waals surface area contributed by atoms with E-state index >= 15 is 0 Å². The number of anilines is 3. The van der Waals surface area contributed by atoms with Crippen molar-refractivity contribution in [2.45, 2.75) is 6.92 Å². The van der Waals surface area contributed by atoms with Crippen molar-refractivity contribution in [3.8, 4) is 11.5 Å². The molecule has 0 aliphatic carbocycles. The molecule has 0 saturated heterocycles. The van der Waals surface area contributed by atoms with E-state index in [1.54, 1.807) is 54.6 Å². The average molecular weight is 478 g/mol. The summed E-state index contributed by atoms with van der Waals surface area (Å²) in [6, 6.07) is 19.2. The monoisotopic (exact) mass is 477 g/mol. The van der Waals surface area contributed by atoms with Crippen LogP contribution in [0.5, 0.6) is 11.5 Å². The second kappa shape index (κ2) is 9.68. The number of aromatic hydroxyl groups is 1. The van der Waals surface area contributed by atoms with Crippen molar-refractivity contribution in [2.24, 2.45) is 0 Å². The fourth-order valence-corrected chi connectivity index (χ4v) is 3.54. The zero-order valence-electron chi connectivity index (χ0n) is 18.0. The van der Waals surface area contributed by atoms with Crippen molar-refractivity contribution in [3.05, 3.63) is 89.1 Å². The van der Waals surface area contributed by atoms with E-state index in [-0.39, 0.29) is 22.2 Å². The van der Waals surface area contributed by atoms with E-state index in [9.17, 15) is 19.5 Å². The topological polar surface area (TPSA) is 108 Å². The number of nitrogens with one attached hydrogen (secondary N) is 2. The molecule has 0 aromatic heterocycles. The molecule has 1 heterocycles. The summed E-state index contributed by atoms with van der Waals surface area (Å²) in [7, 11) is 0. The van der Waals surface area contributed by atoms with E-state index in [4.69, 9.17) is 16.3 Å². The Morgan fingerprint density at radius 3 is 2.29 bits per heavy atom. The Morgan fingerprint density at radius 2 is 1.65 bits per heavy atom. The summed E-state index contributed by atoms with van der Waals surface area (Å²) in [5.74, 6) is -1.08. The van der Waals surface area contributed by atoms with Crippen molar-refractivity contribution in [3.63, 3.8) is 0 Å². The van der Waals surface area contributed by atoms with Crippen molar-refractivity contribution in [1.82, 2.24) is 0 Å². The number of phenols is 1. The molecule has 9 heteroatoms. The zero-order valence-corrected chi connectivity index (χ0v) is 18.8. The van der Waals surface area contributed by atoms with Gasteiger partial charge in [0.25, 0.3) is 17.7 Å². The van der Waals surface area contributed by atoms with Gasteiger partial charge in [0.1, 0.15) is 22.2 Å². The fraction of sp³-hybridized carbons (Fsp3) is 0.0800. The minimum atomic E-state index is -0.642. The van der Waals surface area contributed by atoms with Crippen molar-refractivity contribution in [1.29, 1.82) is 0 Å². The van der Waals surface area contributed by atoms with Gasteiger partial charge in [0.2, 0.25) is 0 Å². The maximum atomic E-state index is 12.9. The molecule has 1 aliphatic rings. The van der Waals surface area contributed by atoms with Gasteiger partial charge in [-0.15, -0.1) is 0 Å². The quantitative estimate of drug-likeness (QED) is 0.342. The number of ether oxygens (including phenoxy) is 1.